The molecule has 0 amide bonds. The Morgan fingerprint density at radius 1 is 1.33 bits per heavy atom. The van der Waals surface area contributed by atoms with Gasteiger partial charge in [-0.05, 0) is 41.4 Å². The van der Waals surface area contributed by atoms with Gasteiger partial charge in [-0.25, -0.2) is 0 Å². The quantitative estimate of drug-likeness (QED) is 0.683. The second-order valence-corrected chi connectivity index (χ2v) is 4.37. The van der Waals surface area contributed by atoms with Gasteiger partial charge in [0.05, 0.1) is 0 Å². The molecular weight excluding hydrogens is 188 g/mol. The number of allylic oxidation sites excluding steroid dienone is 1. The van der Waals surface area contributed by atoms with E-state index < -0.39 is 0 Å². The van der Waals surface area contributed by atoms with E-state index in [0.29, 0.717) is 0 Å². The number of hydrogen-bond acceptors (Lipinski definition) is 3. The first kappa shape index (κ1) is 7.83. The fourth-order valence-corrected chi connectivity index (χ4v) is 2.36. The van der Waals surface area contributed by atoms with Crippen molar-refractivity contribution in [1.29, 1.82) is 0 Å². The predicted molar refractivity (Wildman–Crippen MR) is 54.0 cm³/mol. The first-order valence-electron chi connectivity index (χ1n) is 3.50. The minimum absolute atomic E-state index is 0.123. The van der Waals surface area contributed by atoms with E-state index in [-0.39, 0.29) is 5.12 Å². The Labute approximate surface area is 78.8 Å². The van der Waals surface area contributed by atoms with Crippen LogP contribution in [0.15, 0.2) is 34.6 Å². The molecule has 60 valence electrons. The van der Waals surface area contributed by atoms with Crippen molar-refractivity contribution in [1.82, 2.24) is 0 Å². The number of thioether (sulfide) groups is 1. The van der Waals surface area contributed by atoms with Crippen LogP contribution < -0.4 is 0 Å². The summed E-state index contributed by atoms with van der Waals surface area (Å²) in [6.45, 7) is 0. The third-order valence-corrected chi connectivity index (χ3v) is 3.08. The van der Waals surface area contributed by atoms with Crippen LogP contribution >= 0.6 is 23.1 Å². The molecule has 0 radical (unpaired) electrons. The lowest BCUT2D eigenvalue weighted by Gasteiger charge is -1.88. The Hall–Kier alpha value is -0.800. The van der Waals surface area contributed by atoms with Crippen molar-refractivity contribution in [3.8, 4) is 0 Å². The van der Waals surface area contributed by atoms with E-state index in [4.69, 9.17) is 0 Å². The van der Waals surface area contributed by atoms with Crippen molar-refractivity contribution in [2.24, 2.45) is 0 Å². The minimum atomic E-state index is 0.123. The van der Waals surface area contributed by atoms with E-state index in [9.17, 15) is 4.79 Å². The van der Waals surface area contributed by atoms with Gasteiger partial charge in [-0.2, -0.15) is 0 Å². The predicted octanol–water partition coefficient (Wildman–Crippen LogP) is 2.92. The molecule has 3 heteroatoms. The normalized spacial score (nSPS) is 19.3. The Morgan fingerprint density at radius 3 is 2.83 bits per heavy atom. The van der Waals surface area contributed by atoms with Gasteiger partial charge < -0.3 is 0 Å². The molecule has 0 bridgehead atoms. The molecular formula is C9H6OS2. The molecule has 0 saturated carbocycles. The molecule has 2 rings (SSSR count). The van der Waals surface area contributed by atoms with Crippen LogP contribution in [0, 0.1) is 0 Å². The van der Waals surface area contributed by atoms with Gasteiger partial charge >= 0.3 is 0 Å². The molecule has 2 heterocycles. The van der Waals surface area contributed by atoms with E-state index in [1.165, 1.54) is 16.6 Å². The first-order valence-corrected chi connectivity index (χ1v) is 5.19. The maximum atomic E-state index is 10.8. The Bertz CT molecular complexity index is 347. The van der Waals surface area contributed by atoms with E-state index in [1.54, 1.807) is 17.4 Å². The molecule has 0 N–H and O–H groups in total. The van der Waals surface area contributed by atoms with E-state index in [2.05, 4.69) is 0 Å². The van der Waals surface area contributed by atoms with Crippen LogP contribution in [-0.2, 0) is 4.79 Å². The van der Waals surface area contributed by atoms with E-state index in [1.807, 2.05) is 29.7 Å². The highest BCUT2D eigenvalue weighted by atomic mass is 32.2. The average molecular weight is 194 g/mol. The summed E-state index contributed by atoms with van der Waals surface area (Å²) >= 11 is 2.96. The number of carbonyl (C=O) groups excluding carboxylic acids is 1. The summed E-state index contributed by atoms with van der Waals surface area (Å²) in [5.74, 6) is 0. The van der Waals surface area contributed by atoms with Crippen molar-refractivity contribution < 1.29 is 4.79 Å². The fraction of sp³-hybridized carbons (Fsp3) is 0. The van der Waals surface area contributed by atoms with Gasteiger partial charge in [0, 0.05) is 9.78 Å². The molecule has 0 aromatic carbocycles. The van der Waals surface area contributed by atoms with Crippen LogP contribution in [0.1, 0.15) is 4.88 Å². The van der Waals surface area contributed by atoms with Gasteiger partial charge in [-0.3, -0.25) is 4.79 Å². The highest BCUT2D eigenvalue weighted by molar-refractivity contribution is 8.18. The zero-order valence-corrected chi connectivity index (χ0v) is 7.82. The van der Waals surface area contributed by atoms with Gasteiger partial charge in [0.15, 0.2) is 0 Å². The largest absolute Gasteiger partial charge is 0.282 e. The number of rotatable bonds is 1. The molecule has 1 aromatic rings. The molecule has 1 aromatic heterocycles. The Balaban J connectivity index is 2.21. The zero-order valence-electron chi connectivity index (χ0n) is 6.19. The highest BCUT2D eigenvalue weighted by Gasteiger charge is 2.08. The number of carbonyl (C=O) groups is 1. The molecule has 0 fully saturated rings. The van der Waals surface area contributed by atoms with Gasteiger partial charge in [0.1, 0.15) is 0 Å². The lowest BCUT2D eigenvalue weighted by molar-refractivity contribution is -0.106. The summed E-state index contributed by atoms with van der Waals surface area (Å²) in [5, 5.41) is 2.15. The van der Waals surface area contributed by atoms with E-state index >= 15 is 0 Å². The van der Waals surface area contributed by atoms with Crippen LogP contribution in [0.4, 0.5) is 0 Å². The van der Waals surface area contributed by atoms with E-state index in [0.717, 1.165) is 4.91 Å². The minimum Gasteiger partial charge on any atom is -0.282 e. The summed E-state index contributed by atoms with van der Waals surface area (Å²) < 4.78 is 0. The third-order valence-electron chi connectivity index (χ3n) is 1.43. The Morgan fingerprint density at radius 2 is 2.25 bits per heavy atom. The topological polar surface area (TPSA) is 17.1 Å². The SMILES string of the molecule is O=C1C=C/C(=C/c2cccs2)S1. The zero-order chi connectivity index (χ0) is 8.39. The Kier molecular flexibility index (Phi) is 2.15. The van der Waals surface area contributed by atoms with Crippen LogP contribution in [0.3, 0.4) is 0 Å². The standard InChI is InChI=1S/C9H6OS2/c10-9-4-3-8(12-9)6-7-2-1-5-11-7/h1-6H/b8-6-. The van der Waals surface area contributed by atoms with Crippen molar-refractivity contribution in [2.45, 2.75) is 0 Å². The average Bonchev–Trinajstić information content (AvgIpc) is 2.63. The summed E-state index contributed by atoms with van der Waals surface area (Å²) in [4.78, 5) is 13.0. The van der Waals surface area contributed by atoms with Gasteiger partial charge in [-0.1, -0.05) is 6.07 Å². The lowest BCUT2D eigenvalue weighted by atomic mass is 10.4. The number of hydrogen-bond donors (Lipinski definition) is 0. The van der Waals surface area contributed by atoms with Crippen molar-refractivity contribution in [3.05, 3.63) is 39.4 Å². The molecule has 1 aliphatic heterocycles. The fourth-order valence-electron chi connectivity index (χ4n) is 0.926. The first-order chi connectivity index (χ1) is 5.84. The van der Waals surface area contributed by atoms with Gasteiger partial charge in [0.25, 0.3) is 0 Å². The van der Waals surface area contributed by atoms with Crippen LogP contribution in [0.5, 0.6) is 0 Å². The molecule has 0 atom stereocenters. The van der Waals surface area contributed by atoms with Gasteiger partial charge in [-0.15, -0.1) is 11.3 Å². The molecule has 0 saturated heterocycles. The van der Waals surface area contributed by atoms with Crippen LogP contribution in [0.25, 0.3) is 6.08 Å². The summed E-state index contributed by atoms with van der Waals surface area (Å²) in [6.07, 6.45) is 5.48. The second kappa shape index (κ2) is 3.29. The summed E-state index contributed by atoms with van der Waals surface area (Å²) in [7, 11) is 0. The summed E-state index contributed by atoms with van der Waals surface area (Å²) in [5.41, 5.74) is 0. The molecule has 0 unspecified atom stereocenters. The highest BCUT2D eigenvalue weighted by Crippen LogP contribution is 2.28. The van der Waals surface area contributed by atoms with Crippen molar-refractivity contribution in [2.75, 3.05) is 0 Å². The van der Waals surface area contributed by atoms with Crippen LogP contribution in [-0.4, -0.2) is 5.12 Å². The van der Waals surface area contributed by atoms with Crippen molar-refractivity contribution >= 4 is 34.3 Å². The molecule has 0 aliphatic carbocycles. The maximum absolute atomic E-state index is 10.8. The maximum Gasteiger partial charge on any atom is 0.216 e. The monoisotopic (exact) mass is 194 g/mol. The molecule has 12 heavy (non-hydrogen) atoms. The molecule has 1 aliphatic rings. The smallest absolute Gasteiger partial charge is 0.216 e. The van der Waals surface area contributed by atoms with Crippen molar-refractivity contribution in [3.63, 3.8) is 0 Å². The number of thiophene rings is 1. The molecule has 0 spiro atoms. The second-order valence-electron chi connectivity index (χ2n) is 2.32. The lowest BCUT2D eigenvalue weighted by Crippen LogP contribution is -1.73. The summed E-state index contributed by atoms with van der Waals surface area (Å²) in [6, 6.07) is 4.04. The third kappa shape index (κ3) is 1.68. The molecule has 1 nitrogen and oxygen atoms in total. The van der Waals surface area contributed by atoms with Crippen LogP contribution in [0.2, 0.25) is 0 Å². The van der Waals surface area contributed by atoms with Gasteiger partial charge in [0.2, 0.25) is 5.12 Å².